The van der Waals surface area contributed by atoms with Crippen LogP contribution in [0.3, 0.4) is 0 Å². The number of hydrogen-bond donors (Lipinski definition) is 1. The number of sulfonamides is 1. The minimum atomic E-state index is -3.72. The van der Waals surface area contributed by atoms with Crippen molar-refractivity contribution in [3.8, 4) is 22.6 Å². The average molecular weight is 434 g/mol. The van der Waals surface area contributed by atoms with Gasteiger partial charge in [0.25, 0.3) is 0 Å². The molecule has 0 aromatic heterocycles. The molecule has 1 aliphatic rings. The van der Waals surface area contributed by atoms with Gasteiger partial charge in [0.2, 0.25) is 10.0 Å². The largest absolute Gasteiger partial charge is 0.494 e. The molecule has 150 valence electrons. The maximum Gasteiger partial charge on any atom is 0.213 e. The first kappa shape index (κ1) is 19.7. The van der Waals surface area contributed by atoms with Crippen molar-refractivity contribution in [1.29, 1.82) is 0 Å². The van der Waals surface area contributed by atoms with Crippen LogP contribution in [0.5, 0.6) is 11.5 Å². The van der Waals surface area contributed by atoms with Crippen molar-refractivity contribution in [3.63, 3.8) is 0 Å². The van der Waals surface area contributed by atoms with Crippen molar-refractivity contribution in [1.82, 2.24) is 0 Å². The number of benzene rings is 3. The average Bonchev–Trinajstić information content (AvgIpc) is 2.66. The molecule has 1 atom stereocenters. The van der Waals surface area contributed by atoms with Crippen molar-refractivity contribution in [2.75, 3.05) is 7.11 Å². The lowest BCUT2D eigenvalue weighted by Gasteiger charge is -2.31. The van der Waals surface area contributed by atoms with E-state index in [-0.39, 0.29) is 5.75 Å². The highest BCUT2D eigenvalue weighted by Crippen LogP contribution is 2.51. The van der Waals surface area contributed by atoms with Crippen molar-refractivity contribution in [2.45, 2.75) is 11.9 Å². The molecule has 4 rings (SSSR count). The summed E-state index contributed by atoms with van der Waals surface area (Å²) < 4.78 is 48.7. The predicted molar refractivity (Wildman–Crippen MR) is 109 cm³/mol. The van der Waals surface area contributed by atoms with E-state index in [0.29, 0.717) is 38.8 Å². The quantitative estimate of drug-likeness (QED) is 0.660. The number of primary sulfonamides is 1. The van der Waals surface area contributed by atoms with Gasteiger partial charge in [-0.3, -0.25) is 0 Å². The first-order valence-electron chi connectivity index (χ1n) is 8.69. The second-order valence-corrected chi connectivity index (χ2v) is 8.76. The molecule has 0 radical (unpaired) electrons. The molecule has 2 N–H and O–H groups in total. The van der Waals surface area contributed by atoms with E-state index in [4.69, 9.17) is 26.2 Å². The van der Waals surface area contributed by atoms with E-state index < -0.39 is 21.9 Å². The van der Waals surface area contributed by atoms with Crippen LogP contribution in [0.15, 0.2) is 54.6 Å². The zero-order valence-electron chi connectivity index (χ0n) is 15.4. The number of hydrogen-bond acceptors (Lipinski definition) is 4. The number of nitrogens with two attached hydrogens (primary N) is 1. The van der Waals surface area contributed by atoms with E-state index in [1.807, 2.05) is 0 Å². The van der Waals surface area contributed by atoms with Crippen molar-refractivity contribution < 1.29 is 22.3 Å². The van der Waals surface area contributed by atoms with Gasteiger partial charge in [0.15, 0.2) is 0 Å². The monoisotopic (exact) mass is 433 g/mol. The predicted octanol–water partition coefficient (Wildman–Crippen LogP) is 4.43. The summed E-state index contributed by atoms with van der Waals surface area (Å²) >= 11 is 6.29. The fourth-order valence-electron chi connectivity index (χ4n) is 3.58. The number of fused-ring (bicyclic) bond motifs is 3. The van der Waals surface area contributed by atoms with Crippen LogP contribution in [0.25, 0.3) is 11.1 Å². The molecule has 0 amide bonds. The summed E-state index contributed by atoms with van der Waals surface area (Å²) in [7, 11) is -2.21. The van der Waals surface area contributed by atoms with Gasteiger partial charge in [-0.2, -0.15) is 0 Å². The van der Waals surface area contributed by atoms with E-state index in [1.54, 1.807) is 42.5 Å². The molecule has 3 aromatic rings. The lowest BCUT2D eigenvalue weighted by atomic mass is 9.88. The van der Waals surface area contributed by atoms with Crippen LogP contribution in [0.4, 0.5) is 4.39 Å². The molecule has 0 saturated carbocycles. The van der Waals surface area contributed by atoms with Gasteiger partial charge in [0, 0.05) is 5.56 Å². The summed E-state index contributed by atoms with van der Waals surface area (Å²) in [4.78, 5) is 0. The second-order valence-electron chi connectivity index (χ2n) is 6.74. The summed E-state index contributed by atoms with van der Waals surface area (Å²) in [5.74, 6) is 0.262. The molecule has 5 nitrogen and oxygen atoms in total. The summed E-state index contributed by atoms with van der Waals surface area (Å²) in [6.07, 6.45) is -0.639. The zero-order chi connectivity index (χ0) is 20.8. The highest BCUT2D eigenvalue weighted by atomic mass is 35.5. The minimum absolute atomic E-state index is 0.324. The third-order valence-electron chi connectivity index (χ3n) is 4.71. The van der Waals surface area contributed by atoms with E-state index in [9.17, 15) is 12.8 Å². The third-order valence-corrected chi connectivity index (χ3v) is 5.74. The number of halogens is 2. The van der Waals surface area contributed by atoms with Crippen LogP contribution in [0.2, 0.25) is 5.02 Å². The Hall–Kier alpha value is -2.61. The van der Waals surface area contributed by atoms with Gasteiger partial charge in [-0.1, -0.05) is 41.9 Å². The molecular weight excluding hydrogens is 417 g/mol. The number of methoxy groups -OCH3 is 1. The Morgan fingerprint density at radius 3 is 2.66 bits per heavy atom. The zero-order valence-corrected chi connectivity index (χ0v) is 16.9. The number of ether oxygens (including phenoxy) is 2. The summed E-state index contributed by atoms with van der Waals surface area (Å²) in [5, 5.41) is 5.62. The minimum Gasteiger partial charge on any atom is -0.494 e. The fraction of sp³-hybridized carbons (Fsp3) is 0.143. The summed E-state index contributed by atoms with van der Waals surface area (Å²) in [6.45, 7) is 0. The van der Waals surface area contributed by atoms with Crippen LogP contribution in [-0.2, 0) is 15.8 Å². The molecular formula is C21H17ClFNO4S. The maximum atomic E-state index is 13.9. The van der Waals surface area contributed by atoms with Crippen LogP contribution in [0.1, 0.15) is 22.8 Å². The Morgan fingerprint density at radius 1 is 1.17 bits per heavy atom. The Morgan fingerprint density at radius 2 is 1.97 bits per heavy atom. The first-order valence-corrected chi connectivity index (χ1v) is 10.8. The molecule has 3 aromatic carbocycles. The van der Waals surface area contributed by atoms with E-state index >= 15 is 0 Å². The van der Waals surface area contributed by atoms with Gasteiger partial charge in [-0.05, 0) is 41.0 Å². The summed E-state index contributed by atoms with van der Waals surface area (Å²) in [5.41, 5.74) is 3.19. The van der Waals surface area contributed by atoms with E-state index in [2.05, 4.69) is 0 Å². The Kier molecular flexibility index (Phi) is 4.98. The van der Waals surface area contributed by atoms with Gasteiger partial charge in [-0.15, -0.1) is 0 Å². The third kappa shape index (κ3) is 3.81. The second kappa shape index (κ2) is 7.33. The standard InChI is InChI=1S/C21H17ClFNO4S/c1-27-21-17(22)7-8-18-19(21)15-6-5-12(11-29(24,25)26)9-16(15)20(28-18)13-3-2-4-14(23)10-13/h2-10,20H,11H2,1H3,(H2,24,25,26). The molecule has 0 spiro atoms. The molecule has 0 fully saturated rings. The Bertz CT molecular complexity index is 1210. The highest BCUT2D eigenvalue weighted by molar-refractivity contribution is 7.88. The fourth-order valence-corrected chi connectivity index (χ4v) is 4.46. The lowest BCUT2D eigenvalue weighted by molar-refractivity contribution is 0.241. The van der Waals surface area contributed by atoms with E-state index in [1.165, 1.54) is 19.2 Å². The Balaban J connectivity index is 1.96. The molecule has 1 unspecified atom stereocenters. The topological polar surface area (TPSA) is 78.6 Å². The number of rotatable bonds is 4. The van der Waals surface area contributed by atoms with Gasteiger partial charge < -0.3 is 9.47 Å². The highest BCUT2D eigenvalue weighted by Gasteiger charge is 2.31. The van der Waals surface area contributed by atoms with Crippen molar-refractivity contribution >= 4 is 21.6 Å². The van der Waals surface area contributed by atoms with Gasteiger partial charge in [-0.25, -0.2) is 17.9 Å². The van der Waals surface area contributed by atoms with Crippen LogP contribution in [-0.4, -0.2) is 15.5 Å². The molecule has 1 heterocycles. The first-order chi connectivity index (χ1) is 13.8. The van der Waals surface area contributed by atoms with Crippen LogP contribution in [0, 0.1) is 5.82 Å². The smallest absolute Gasteiger partial charge is 0.213 e. The van der Waals surface area contributed by atoms with E-state index in [0.717, 1.165) is 5.56 Å². The molecule has 29 heavy (non-hydrogen) atoms. The van der Waals surface area contributed by atoms with Crippen molar-refractivity contribution in [2.24, 2.45) is 5.14 Å². The molecule has 1 aliphatic heterocycles. The molecule has 0 aliphatic carbocycles. The normalized spacial score (nSPS) is 15.2. The maximum absolute atomic E-state index is 13.9. The molecule has 8 heteroatoms. The van der Waals surface area contributed by atoms with Crippen molar-refractivity contribution in [3.05, 3.63) is 82.1 Å². The molecule has 0 saturated heterocycles. The van der Waals surface area contributed by atoms with Gasteiger partial charge in [0.1, 0.15) is 23.4 Å². The lowest BCUT2D eigenvalue weighted by Crippen LogP contribution is -2.18. The van der Waals surface area contributed by atoms with Gasteiger partial charge in [0.05, 0.1) is 23.4 Å². The van der Waals surface area contributed by atoms with Gasteiger partial charge >= 0.3 is 0 Å². The summed E-state index contributed by atoms with van der Waals surface area (Å²) in [6, 6.07) is 14.7. The Labute approximate surface area is 172 Å². The van der Waals surface area contributed by atoms with Crippen LogP contribution < -0.4 is 14.6 Å². The molecule has 0 bridgehead atoms. The SMILES string of the molecule is COc1c(Cl)ccc2c1-c1ccc(CS(N)(=O)=O)cc1C(c1cccc(F)c1)O2. The van der Waals surface area contributed by atoms with Crippen LogP contribution >= 0.6 is 11.6 Å².